The van der Waals surface area contributed by atoms with E-state index in [4.69, 9.17) is 4.74 Å². The third kappa shape index (κ3) is 4.55. The quantitative estimate of drug-likeness (QED) is 0.860. The molecule has 0 bridgehead atoms. The number of methoxy groups -OCH3 is 1. The second-order valence-corrected chi connectivity index (χ2v) is 6.38. The van der Waals surface area contributed by atoms with E-state index < -0.39 is 0 Å². The summed E-state index contributed by atoms with van der Waals surface area (Å²) in [6.07, 6.45) is 3.94. The van der Waals surface area contributed by atoms with Crippen molar-refractivity contribution in [1.29, 1.82) is 0 Å². The second kappa shape index (κ2) is 8.13. The van der Waals surface area contributed by atoms with E-state index in [0.29, 0.717) is 12.1 Å². The molecule has 0 amide bonds. The fourth-order valence-corrected chi connectivity index (χ4v) is 3.30. The van der Waals surface area contributed by atoms with Crippen molar-refractivity contribution >= 4 is 15.9 Å². The van der Waals surface area contributed by atoms with Crippen molar-refractivity contribution in [2.45, 2.75) is 31.4 Å². The van der Waals surface area contributed by atoms with Gasteiger partial charge in [0, 0.05) is 30.7 Å². The van der Waals surface area contributed by atoms with Gasteiger partial charge < -0.3 is 15.0 Å². The number of benzene rings is 1. The van der Waals surface area contributed by atoms with Gasteiger partial charge in [-0.1, -0.05) is 28.1 Å². The van der Waals surface area contributed by atoms with Gasteiger partial charge in [-0.05, 0) is 50.6 Å². The molecule has 1 aromatic rings. The highest BCUT2D eigenvalue weighted by Crippen LogP contribution is 2.22. The second-order valence-electron chi connectivity index (χ2n) is 5.46. The summed E-state index contributed by atoms with van der Waals surface area (Å²) < 4.78 is 6.57. The van der Waals surface area contributed by atoms with Crippen molar-refractivity contribution in [3.8, 4) is 0 Å². The lowest BCUT2D eigenvalue weighted by molar-refractivity contribution is 0.0401. The molecule has 0 saturated carbocycles. The Balaban J connectivity index is 1.82. The molecular formula is C16H25BrN2O. The Morgan fingerprint density at radius 1 is 1.40 bits per heavy atom. The Morgan fingerprint density at radius 3 is 2.75 bits per heavy atom. The largest absolute Gasteiger partial charge is 0.381 e. The van der Waals surface area contributed by atoms with Crippen LogP contribution in [0.1, 0.15) is 30.9 Å². The summed E-state index contributed by atoms with van der Waals surface area (Å²) in [5.74, 6) is 0. The van der Waals surface area contributed by atoms with E-state index in [1.54, 1.807) is 0 Å². The zero-order valence-electron chi connectivity index (χ0n) is 12.4. The van der Waals surface area contributed by atoms with Crippen molar-refractivity contribution in [2.75, 3.05) is 33.8 Å². The van der Waals surface area contributed by atoms with Crippen molar-refractivity contribution in [1.82, 2.24) is 10.2 Å². The van der Waals surface area contributed by atoms with Gasteiger partial charge in [0.05, 0.1) is 6.10 Å². The van der Waals surface area contributed by atoms with Crippen LogP contribution in [0.15, 0.2) is 28.7 Å². The Labute approximate surface area is 130 Å². The molecule has 2 rings (SSSR count). The van der Waals surface area contributed by atoms with Gasteiger partial charge >= 0.3 is 0 Å². The third-order valence-corrected chi connectivity index (χ3v) is 4.69. The van der Waals surface area contributed by atoms with Crippen LogP contribution in [0.25, 0.3) is 0 Å². The molecule has 1 saturated heterocycles. The molecule has 20 heavy (non-hydrogen) atoms. The fourth-order valence-electron chi connectivity index (χ4n) is 2.88. The highest BCUT2D eigenvalue weighted by atomic mass is 79.9. The van der Waals surface area contributed by atoms with E-state index in [0.717, 1.165) is 43.4 Å². The average Bonchev–Trinajstić information content (AvgIpc) is 2.48. The standard InChI is InChI=1S/C16H25BrN2O/c1-18-16(13-4-3-5-14(17)12-13)8-11-19-9-6-15(20-2)7-10-19/h3-5,12,15-16,18H,6-11H2,1-2H3. The van der Waals surface area contributed by atoms with Crippen molar-refractivity contribution in [2.24, 2.45) is 0 Å². The summed E-state index contributed by atoms with van der Waals surface area (Å²) in [5, 5.41) is 3.43. The predicted octanol–water partition coefficient (Wildman–Crippen LogP) is 3.21. The van der Waals surface area contributed by atoms with Crippen LogP contribution in [0, 0.1) is 0 Å². The van der Waals surface area contributed by atoms with Crippen LogP contribution >= 0.6 is 15.9 Å². The minimum atomic E-state index is 0.424. The van der Waals surface area contributed by atoms with Crippen LogP contribution in [-0.2, 0) is 4.74 Å². The number of hydrogen-bond acceptors (Lipinski definition) is 3. The molecule has 4 heteroatoms. The van der Waals surface area contributed by atoms with Crippen LogP contribution in [0.3, 0.4) is 0 Å². The van der Waals surface area contributed by atoms with E-state index in [1.165, 1.54) is 5.56 Å². The molecule has 1 aliphatic rings. The molecule has 0 spiro atoms. The number of nitrogens with zero attached hydrogens (tertiary/aromatic N) is 1. The van der Waals surface area contributed by atoms with Gasteiger partial charge in [0.15, 0.2) is 0 Å². The van der Waals surface area contributed by atoms with E-state index >= 15 is 0 Å². The monoisotopic (exact) mass is 340 g/mol. The molecule has 0 radical (unpaired) electrons. The maximum atomic E-state index is 5.42. The topological polar surface area (TPSA) is 24.5 Å². The lowest BCUT2D eigenvalue weighted by atomic mass is 10.0. The third-order valence-electron chi connectivity index (χ3n) is 4.20. The average molecular weight is 341 g/mol. The summed E-state index contributed by atoms with van der Waals surface area (Å²) in [5.41, 5.74) is 1.36. The molecule has 1 fully saturated rings. The Kier molecular flexibility index (Phi) is 6.49. The molecule has 112 valence electrons. The summed E-state index contributed by atoms with van der Waals surface area (Å²) in [6.45, 7) is 3.47. The first-order valence-corrected chi connectivity index (χ1v) is 8.20. The summed E-state index contributed by atoms with van der Waals surface area (Å²) in [4.78, 5) is 2.55. The molecule has 1 aliphatic heterocycles. The summed E-state index contributed by atoms with van der Waals surface area (Å²) in [7, 11) is 3.87. The SMILES string of the molecule is CNC(CCN1CCC(OC)CC1)c1cccc(Br)c1. The molecule has 0 aliphatic carbocycles. The van der Waals surface area contributed by atoms with Gasteiger partial charge in [-0.15, -0.1) is 0 Å². The fraction of sp³-hybridized carbons (Fsp3) is 0.625. The first-order chi connectivity index (χ1) is 9.72. The number of nitrogens with one attached hydrogen (secondary N) is 1. The molecule has 1 heterocycles. The minimum absolute atomic E-state index is 0.424. The van der Waals surface area contributed by atoms with Crippen LogP contribution in [0.4, 0.5) is 0 Å². The molecule has 0 aromatic heterocycles. The van der Waals surface area contributed by atoms with Crippen LogP contribution in [0.2, 0.25) is 0 Å². The van der Waals surface area contributed by atoms with Crippen molar-refractivity contribution < 1.29 is 4.74 Å². The summed E-state index contributed by atoms with van der Waals surface area (Å²) >= 11 is 3.55. The normalized spacial score (nSPS) is 19.1. The minimum Gasteiger partial charge on any atom is -0.381 e. The first-order valence-electron chi connectivity index (χ1n) is 7.41. The lowest BCUT2D eigenvalue weighted by Crippen LogP contribution is -2.38. The zero-order valence-corrected chi connectivity index (χ0v) is 14.0. The Morgan fingerprint density at radius 2 is 2.15 bits per heavy atom. The first kappa shape index (κ1) is 16.0. The van der Waals surface area contributed by atoms with Crippen molar-refractivity contribution in [3.63, 3.8) is 0 Å². The van der Waals surface area contributed by atoms with Crippen LogP contribution in [-0.4, -0.2) is 44.8 Å². The molecule has 1 unspecified atom stereocenters. The Hall–Kier alpha value is -0.420. The molecule has 1 atom stereocenters. The smallest absolute Gasteiger partial charge is 0.0595 e. The van der Waals surface area contributed by atoms with Gasteiger partial charge in [-0.2, -0.15) is 0 Å². The predicted molar refractivity (Wildman–Crippen MR) is 87.0 cm³/mol. The van der Waals surface area contributed by atoms with Crippen LogP contribution in [0.5, 0.6) is 0 Å². The van der Waals surface area contributed by atoms with E-state index in [1.807, 2.05) is 14.2 Å². The van der Waals surface area contributed by atoms with Gasteiger partial charge in [-0.3, -0.25) is 0 Å². The van der Waals surface area contributed by atoms with Crippen molar-refractivity contribution in [3.05, 3.63) is 34.3 Å². The zero-order chi connectivity index (χ0) is 14.4. The number of likely N-dealkylation sites (tertiary alicyclic amines) is 1. The Bertz CT molecular complexity index is 405. The van der Waals surface area contributed by atoms with Crippen LogP contribution < -0.4 is 5.32 Å². The number of hydrogen-bond donors (Lipinski definition) is 1. The van der Waals surface area contributed by atoms with E-state index in [9.17, 15) is 0 Å². The van der Waals surface area contributed by atoms with Gasteiger partial charge in [0.25, 0.3) is 0 Å². The van der Waals surface area contributed by atoms with E-state index in [2.05, 4.69) is 50.4 Å². The number of ether oxygens (including phenoxy) is 1. The van der Waals surface area contributed by atoms with E-state index in [-0.39, 0.29) is 0 Å². The number of halogens is 1. The highest BCUT2D eigenvalue weighted by Gasteiger charge is 2.19. The lowest BCUT2D eigenvalue weighted by Gasteiger charge is -2.32. The molecule has 3 nitrogen and oxygen atoms in total. The molecular weight excluding hydrogens is 316 g/mol. The van der Waals surface area contributed by atoms with Gasteiger partial charge in [0.1, 0.15) is 0 Å². The molecule has 1 aromatic carbocycles. The summed E-state index contributed by atoms with van der Waals surface area (Å²) in [6, 6.07) is 9.01. The molecule has 1 N–H and O–H groups in total. The van der Waals surface area contributed by atoms with Gasteiger partial charge in [0.2, 0.25) is 0 Å². The maximum absolute atomic E-state index is 5.42. The maximum Gasteiger partial charge on any atom is 0.0595 e. The number of piperidine rings is 1. The highest BCUT2D eigenvalue weighted by molar-refractivity contribution is 9.10. The number of rotatable bonds is 6. The van der Waals surface area contributed by atoms with Gasteiger partial charge in [-0.25, -0.2) is 0 Å².